The Morgan fingerprint density at radius 3 is 2.53 bits per heavy atom. The first kappa shape index (κ1) is 11.9. The molecule has 2 aromatic heterocycles. The molecule has 0 amide bonds. The number of benzene rings is 1. The van der Waals surface area contributed by atoms with Crippen LogP contribution < -0.4 is 4.74 Å². The summed E-state index contributed by atoms with van der Waals surface area (Å²) in [5.41, 5.74) is 2.78. The topological polar surface area (TPSA) is 35.0 Å². The normalized spacial score (nSPS) is 10.6. The van der Waals surface area contributed by atoms with Gasteiger partial charge >= 0.3 is 0 Å². The molecule has 0 unspecified atom stereocenters. The van der Waals surface area contributed by atoms with Crippen LogP contribution in [0, 0.1) is 0 Å². The Morgan fingerprint density at radius 2 is 1.79 bits per heavy atom. The average Bonchev–Trinajstić information content (AvgIpc) is 2.47. The van der Waals surface area contributed by atoms with Gasteiger partial charge in [0.15, 0.2) is 0 Å². The van der Waals surface area contributed by atoms with Crippen LogP contribution in [-0.4, -0.2) is 17.1 Å². The second kappa shape index (κ2) is 4.86. The highest BCUT2D eigenvalue weighted by Crippen LogP contribution is 2.25. The summed E-state index contributed by atoms with van der Waals surface area (Å²) >= 11 is 6.03. The van der Waals surface area contributed by atoms with Crippen LogP contribution in [0.25, 0.3) is 22.2 Å². The summed E-state index contributed by atoms with van der Waals surface area (Å²) in [5, 5.41) is 1.34. The van der Waals surface area contributed by atoms with Crippen molar-refractivity contribution in [2.24, 2.45) is 0 Å². The predicted molar refractivity (Wildman–Crippen MR) is 76.5 cm³/mol. The second-order valence-electron chi connectivity index (χ2n) is 4.09. The van der Waals surface area contributed by atoms with Gasteiger partial charge in [0, 0.05) is 17.1 Å². The molecule has 94 valence electrons. The smallest absolute Gasteiger partial charge is 0.138 e. The van der Waals surface area contributed by atoms with Crippen molar-refractivity contribution in [3.63, 3.8) is 0 Å². The van der Waals surface area contributed by atoms with Crippen LogP contribution in [0.3, 0.4) is 0 Å². The molecular weight excluding hydrogens is 260 g/mol. The van der Waals surface area contributed by atoms with Gasteiger partial charge in [-0.15, -0.1) is 0 Å². The summed E-state index contributed by atoms with van der Waals surface area (Å²) in [5.74, 6) is 0.830. The molecule has 0 spiro atoms. The SMILES string of the molecule is COc1ccc(-c2ccc3c(Cl)nccc3n2)cc1. The lowest BCUT2D eigenvalue weighted by atomic mass is 10.1. The Balaban J connectivity index is 2.09. The number of aromatic nitrogens is 2. The molecule has 3 nitrogen and oxygen atoms in total. The van der Waals surface area contributed by atoms with Crippen LogP contribution >= 0.6 is 11.6 Å². The molecule has 0 fully saturated rings. The van der Waals surface area contributed by atoms with Crippen molar-refractivity contribution in [2.45, 2.75) is 0 Å². The monoisotopic (exact) mass is 270 g/mol. The lowest BCUT2D eigenvalue weighted by Gasteiger charge is -2.05. The van der Waals surface area contributed by atoms with Crippen LogP contribution in [0.5, 0.6) is 5.75 Å². The van der Waals surface area contributed by atoms with Crippen molar-refractivity contribution in [1.29, 1.82) is 0 Å². The molecule has 0 saturated heterocycles. The minimum Gasteiger partial charge on any atom is -0.497 e. The Labute approximate surface area is 115 Å². The number of fused-ring (bicyclic) bond motifs is 1. The molecule has 0 atom stereocenters. The van der Waals surface area contributed by atoms with E-state index in [2.05, 4.69) is 9.97 Å². The van der Waals surface area contributed by atoms with E-state index in [4.69, 9.17) is 16.3 Å². The summed E-state index contributed by atoms with van der Waals surface area (Å²) in [7, 11) is 1.65. The molecule has 0 aliphatic carbocycles. The van der Waals surface area contributed by atoms with Gasteiger partial charge in [-0.25, -0.2) is 9.97 Å². The van der Waals surface area contributed by atoms with Gasteiger partial charge in [-0.2, -0.15) is 0 Å². The molecule has 19 heavy (non-hydrogen) atoms. The van der Waals surface area contributed by atoms with E-state index in [0.717, 1.165) is 27.9 Å². The van der Waals surface area contributed by atoms with Gasteiger partial charge in [-0.3, -0.25) is 0 Å². The number of methoxy groups -OCH3 is 1. The third kappa shape index (κ3) is 2.25. The van der Waals surface area contributed by atoms with Crippen molar-refractivity contribution in [1.82, 2.24) is 9.97 Å². The predicted octanol–water partition coefficient (Wildman–Crippen LogP) is 3.96. The van der Waals surface area contributed by atoms with E-state index in [1.54, 1.807) is 13.3 Å². The maximum absolute atomic E-state index is 6.03. The summed E-state index contributed by atoms with van der Waals surface area (Å²) in [4.78, 5) is 8.64. The highest BCUT2D eigenvalue weighted by atomic mass is 35.5. The van der Waals surface area contributed by atoms with Crippen LogP contribution in [0.2, 0.25) is 5.15 Å². The van der Waals surface area contributed by atoms with E-state index in [1.165, 1.54) is 0 Å². The van der Waals surface area contributed by atoms with Gasteiger partial charge in [-0.05, 0) is 42.5 Å². The van der Waals surface area contributed by atoms with Crippen LogP contribution in [0.4, 0.5) is 0 Å². The van der Waals surface area contributed by atoms with Crippen LogP contribution in [-0.2, 0) is 0 Å². The van der Waals surface area contributed by atoms with E-state index in [-0.39, 0.29) is 0 Å². The minimum atomic E-state index is 0.478. The molecule has 0 N–H and O–H groups in total. The van der Waals surface area contributed by atoms with Gasteiger partial charge in [0.2, 0.25) is 0 Å². The number of hydrogen-bond acceptors (Lipinski definition) is 3. The number of hydrogen-bond donors (Lipinski definition) is 0. The number of rotatable bonds is 2. The number of pyridine rings is 2. The Bertz CT molecular complexity index is 726. The molecule has 0 saturated carbocycles. The van der Waals surface area contributed by atoms with E-state index < -0.39 is 0 Å². The third-order valence-electron chi connectivity index (χ3n) is 2.95. The average molecular weight is 271 g/mol. The molecule has 3 rings (SSSR count). The van der Waals surface area contributed by atoms with Crippen molar-refractivity contribution in [2.75, 3.05) is 7.11 Å². The van der Waals surface area contributed by atoms with Crippen molar-refractivity contribution >= 4 is 22.5 Å². The minimum absolute atomic E-state index is 0.478. The number of halogens is 1. The molecule has 0 radical (unpaired) electrons. The molecule has 0 bridgehead atoms. The molecule has 0 aliphatic heterocycles. The number of ether oxygens (including phenoxy) is 1. The zero-order valence-electron chi connectivity index (χ0n) is 10.3. The molecular formula is C15H11ClN2O. The van der Waals surface area contributed by atoms with Gasteiger partial charge < -0.3 is 4.74 Å². The maximum Gasteiger partial charge on any atom is 0.138 e. The van der Waals surface area contributed by atoms with E-state index in [0.29, 0.717) is 5.15 Å². The lowest BCUT2D eigenvalue weighted by molar-refractivity contribution is 0.415. The largest absolute Gasteiger partial charge is 0.497 e. The van der Waals surface area contributed by atoms with Crippen LogP contribution in [0.1, 0.15) is 0 Å². The molecule has 1 aromatic carbocycles. The standard InChI is InChI=1S/C15H11ClN2O/c1-19-11-4-2-10(3-5-11)13-7-6-12-14(18-13)8-9-17-15(12)16/h2-9H,1H3. The van der Waals surface area contributed by atoms with Crippen molar-refractivity contribution in [3.05, 3.63) is 53.8 Å². The zero-order valence-corrected chi connectivity index (χ0v) is 11.1. The summed E-state index contributed by atoms with van der Waals surface area (Å²) < 4.78 is 5.14. The first-order valence-corrected chi connectivity index (χ1v) is 6.21. The van der Waals surface area contributed by atoms with E-state index in [1.807, 2.05) is 42.5 Å². The summed E-state index contributed by atoms with van der Waals surface area (Å²) in [6.45, 7) is 0. The van der Waals surface area contributed by atoms with Gasteiger partial charge in [-0.1, -0.05) is 11.6 Å². The number of nitrogens with zero attached hydrogens (tertiary/aromatic N) is 2. The third-order valence-corrected chi connectivity index (χ3v) is 3.25. The Morgan fingerprint density at radius 1 is 1.00 bits per heavy atom. The summed E-state index contributed by atoms with van der Waals surface area (Å²) in [6, 6.07) is 13.5. The van der Waals surface area contributed by atoms with E-state index >= 15 is 0 Å². The molecule has 4 heteroatoms. The first-order chi connectivity index (χ1) is 9.28. The molecule has 0 aliphatic rings. The second-order valence-corrected chi connectivity index (χ2v) is 4.45. The Kier molecular flexibility index (Phi) is 3.05. The van der Waals surface area contributed by atoms with Gasteiger partial charge in [0.25, 0.3) is 0 Å². The molecule has 3 aromatic rings. The highest BCUT2D eigenvalue weighted by molar-refractivity contribution is 6.34. The fourth-order valence-electron chi connectivity index (χ4n) is 1.94. The zero-order chi connectivity index (χ0) is 13.2. The van der Waals surface area contributed by atoms with Gasteiger partial charge in [0.1, 0.15) is 10.9 Å². The summed E-state index contributed by atoms with van der Waals surface area (Å²) in [6.07, 6.45) is 1.66. The fourth-order valence-corrected chi connectivity index (χ4v) is 2.16. The lowest BCUT2D eigenvalue weighted by Crippen LogP contribution is -1.88. The highest BCUT2D eigenvalue weighted by Gasteiger charge is 2.04. The van der Waals surface area contributed by atoms with Crippen LogP contribution in [0.15, 0.2) is 48.7 Å². The van der Waals surface area contributed by atoms with Crippen molar-refractivity contribution < 1.29 is 4.74 Å². The maximum atomic E-state index is 6.03. The van der Waals surface area contributed by atoms with Crippen molar-refractivity contribution in [3.8, 4) is 17.0 Å². The first-order valence-electron chi connectivity index (χ1n) is 5.83. The van der Waals surface area contributed by atoms with Gasteiger partial charge in [0.05, 0.1) is 18.3 Å². The van der Waals surface area contributed by atoms with E-state index in [9.17, 15) is 0 Å². The Hall–Kier alpha value is -2.13. The fraction of sp³-hybridized carbons (Fsp3) is 0.0667. The molecule has 2 heterocycles. The quantitative estimate of drug-likeness (QED) is 0.661.